The molecule has 23 heavy (non-hydrogen) atoms. The zero-order valence-electron chi connectivity index (χ0n) is 14.3. The monoisotopic (exact) mass is 320 g/mol. The van der Waals surface area contributed by atoms with Crippen LogP contribution in [0, 0.1) is 5.92 Å². The number of methoxy groups -OCH3 is 1. The minimum atomic E-state index is -0.472. The molecule has 1 amide bonds. The van der Waals surface area contributed by atoms with Gasteiger partial charge in [-0.25, -0.2) is 0 Å². The molecule has 1 aromatic carbocycles. The Morgan fingerprint density at radius 1 is 1.48 bits per heavy atom. The van der Waals surface area contributed by atoms with Crippen molar-refractivity contribution in [1.29, 1.82) is 0 Å². The molecular weight excluding hydrogens is 292 g/mol. The van der Waals surface area contributed by atoms with Gasteiger partial charge in [0.1, 0.15) is 11.9 Å². The summed E-state index contributed by atoms with van der Waals surface area (Å²) in [6.45, 7) is 5.66. The van der Waals surface area contributed by atoms with E-state index in [1.165, 1.54) is 0 Å². The van der Waals surface area contributed by atoms with Crippen LogP contribution in [0.1, 0.15) is 32.3 Å². The number of nitrogens with zero attached hydrogens (tertiary/aromatic N) is 1. The average molecular weight is 320 g/mol. The maximum Gasteiger partial charge on any atom is 0.251 e. The molecular formula is C18H28N2O3. The Labute approximate surface area is 138 Å². The molecule has 1 aliphatic heterocycles. The third-order valence-electron chi connectivity index (χ3n) is 4.62. The van der Waals surface area contributed by atoms with Gasteiger partial charge in [-0.15, -0.1) is 0 Å². The first-order valence-corrected chi connectivity index (χ1v) is 8.32. The maximum absolute atomic E-state index is 12.7. The van der Waals surface area contributed by atoms with Crippen molar-refractivity contribution < 1.29 is 14.3 Å². The number of hydrogen-bond acceptors (Lipinski definition) is 4. The molecule has 1 saturated heterocycles. The summed E-state index contributed by atoms with van der Waals surface area (Å²) in [7, 11) is 1.64. The van der Waals surface area contributed by atoms with E-state index in [0.29, 0.717) is 19.1 Å². The van der Waals surface area contributed by atoms with E-state index in [9.17, 15) is 4.79 Å². The summed E-state index contributed by atoms with van der Waals surface area (Å²) >= 11 is 0. The predicted octanol–water partition coefficient (Wildman–Crippen LogP) is 2.19. The van der Waals surface area contributed by atoms with E-state index < -0.39 is 6.10 Å². The van der Waals surface area contributed by atoms with Gasteiger partial charge in [0.2, 0.25) is 0 Å². The van der Waals surface area contributed by atoms with Gasteiger partial charge in [-0.3, -0.25) is 4.79 Å². The van der Waals surface area contributed by atoms with Gasteiger partial charge < -0.3 is 20.1 Å². The van der Waals surface area contributed by atoms with Crippen LogP contribution in [-0.2, 0) is 16.1 Å². The molecule has 5 nitrogen and oxygen atoms in total. The third kappa shape index (κ3) is 4.45. The van der Waals surface area contributed by atoms with Crippen LogP contribution < -0.4 is 10.5 Å². The smallest absolute Gasteiger partial charge is 0.251 e. The first-order chi connectivity index (χ1) is 11.1. The average Bonchev–Trinajstić information content (AvgIpc) is 2.58. The maximum atomic E-state index is 12.7. The number of amides is 1. The first-order valence-electron chi connectivity index (χ1n) is 8.32. The van der Waals surface area contributed by atoms with Crippen molar-refractivity contribution >= 4 is 5.91 Å². The second kappa shape index (κ2) is 8.31. The highest BCUT2D eigenvalue weighted by molar-refractivity contribution is 5.81. The highest BCUT2D eigenvalue weighted by Crippen LogP contribution is 2.24. The molecule has 5 heteroatoms. The Kier molecular flexibility index (Phi) is 6.42. The van der Waals surface area contributed by atoms with Crippen LogP contribution in [0.15, 0.2) is 24.3 Å². The number of carbonyl (C=O) groups is 1. The fourth-order valence-electron chi connectivity index (χ4n) is 3.17. The van der Waals surface area contributed by atoms with Gasteiger partial charge in [0, 0.05) is 19.1 Å². The van der Waals surface area contributed by atoms with Crippen molar-refractivity contribution in [3.63, 3.8) is 0 Å². The van der Waals surface area contributed by atoms with E-state index in [2.05, 4.69) is 6.92 Å². The third-order valence-corrected chi connectivity index (χ3v) is 4.62. The molecule has 128 valence electrons. The number of rotatable bonds is 6. The molecule has 2 rings (SSSR count). The van der Waals surface area contributed by atoms with E-state index in [4.69, 9.17) is 15.2 Å². The number of ether oxygens (including phenoxy) is 2. The molecule has 1 aromatic rings. The fourth-order valence-corrected chi connectivity index (χ4v) is 3.17. The Balaban J connectivity index is 1.93. The summed E-state index contributed by atoms with van der Waals surface area (Å²) < 4.78 is 11.0. The second-order valence-electron chi connectivity index (χ2n) is 6.26. The van der Waals surface area contributed by atoms with E-state index in [-0.39, 0.29) is 11.9 Å². The van der Waals surface area contributed by atoms with E-state index in [1.54, 1.807) is 7.11 Å². The van der Waals surface area contributed by atoms with Crippen molar-refractivity contribution in [1.82, 2.24) is 4.90 Å². The Morgan fingerprint density at radius 3 is 2.96 bits per heavy atom. The number of nitrogens with two attached hydrogens (primary N) is 1. The van der Waals surface area contributed by atoms with Crippen LogP contribution in [0.25, 0.3) is 0 Å². The second-order valence-corrected chi connectivity index (χ2v) is 6.26. The van der Waals surface area contributed by atoms with Crippen LogP contribution in [0.2, 0.25) is 0 Å². The fraction of sp³-hybridized carbons (Fsp3) is 0.611. The van der Waals surface area contributed by atoms with E-state index >= 15 is 0 Å². The molecule has 3 atom stereocenters. The molecule has 3 unspecified atom stereocenters. The molecule has 0 radical (unpaired) electrons. The van der Waals surface area contributed by atoms with Crippen LogP contribution in [0.5, 0.6) is 5.75 Å². The zero-order chi connectivity index (χ0) is 16.8. The lowest BCUT2D eigenvalue weighted by atomic mass is 9.90. The number of piperidine rings is 1. The predicted molar refractivity (Wildman–Crippen MR) is 90.2 cm³/mol. The molecule has 1 heterocycles. The lowest BCUT2D eigenvalue weighted by Crippen LogP contribution is -2.54. The molecule has 0 aliphatic carbocycles. The number of likely N-dealkylation sites (tertiary alicyclic amines) is 1. The highest BCUT2D eigenvalue weighted by Gasteiger charge is 2.33. The summed E-state index contributed by atoms with van der Waals surface area (Å²) in [6, 6.07) is 7.81. The van der Waals surface area contributed by atoms with E-state index in [0.717, 1.165) is 30.7 Å². The van der Waals surface area contributed by atoms with E-state index in [1.807, 2.05) is 36.1 Å². The van der Waals surface area contributed by atoms with Crippen molar-refractivity contribution in [3.8, 4) is 5.75 Å². The van der Waals surface area contributed by atoms with Crippen molar-refractivity contribution in [2.75, 3.05) is 20.2 Å². The summed E-state index contributed by atoms with van der Waals surface area (Å²) in [5.41, 5.74) is 6.86. The van der Waals surface area contributed by atoms with Crippen LogP contribution in [0.4, 0.5) is 0 Å². The number of benzene rings is 1. The summed E-state index contributed by atoms with van der Waals surface area (Å²) in [5, 5.41) is 0. The summed E-state index contributed by atoms with van der Waals surface area (Å²) in [6.07, 6.45) is 1.69. The van der Waals surface area contributed by atoms with Gasteiger partial charge in [0.15, 0.2) is 0 Å². The van der Waals surface area contributed by atoms with Crippen molar-refractivity contribution in [2.45, 2.75) is 45.4 Å². The molecule has 1 fully saturated rings. The molecule has 0 bridgehead atoms. The van der Waals surface area contributed by atoms with Gasteiger partial charge in [0.05, 0.1) is 13.7 Å². The van der Waals surface area contributed by atoms with Gasteiger partial charge in [0.25, 0.3) is 5.91 Å². The Hall–Kier alpha value is -1.59. The topological polar surface area (TPSA) is 64.8 Å². The Bertz CT molecular complexity index is 521. The largest absolute Gasteiger partial charge is 0.497 e. The van der Waals surface area contributed by atoms with Gasteiger partial charge in [-0.2, -0.15) is 0 Å². The minimum absolute atomic E-state index is 0.0369. The van der Waals surface area contributed by atoms with Crippen LogP contribution in [0.3, 0.4) is 0 Å². The molecule has 1 aliphatic rings. The van der Waals surface area contributed by atoms with Crippen molar-refractivity contribution in [3.05, 3.63) is 29.8 Å². The number of hydrogen-bond donors (Lipinski definition) is 1. The lowest BCUT2D eigenvalue weighted by Gasteiger charge is -2.40. The highest BCUT2D eigenvalue weighted by atomic mass is 16.5. The van der Waals surface area contributed by atoms with Gasteiger partial charge in [-0.05, 0) is 43.4 Å². The zero-order valence-corrected chi connectivity index (χ0v) is 14.3. The number of carbonyl (C=O) groups excluding carboxylic acids is 1. The molecule has 2 N–H and O–H groups in total. The minimum Gasteiger partial charge on any atom is -0.497 e. The normalized spacial score (nSPS) is 22.7. The van der Waals surface area contributed by atoms with Gasteiger partial charge >= 0.3 is 0 Å². The quantitative estimate of drug-likeness (QED) is 0.872. The SMILES string of the molecule is COc1cccc(COC(C)C(=O)N2CCCC(C)C2CN)c1. The molecule has 0 saturated carbocycles. The van der Waals surface area contributed by atoms with Crippen LogP contribution >= 0.6 is 0 Å². The van der Waals surface area contributed by atoms with Crippen LogP contribution in [-0.4, -0.2) is 43.2 Å². The van der Waals surface area contributed by atoms with Crippen molar-refractivity contribution in [2.24, 2.45) is 11.7 Å². The van der Waals surface area contributed by atoms with Gasteiger partial charge in [-0.1, -0.05) is 19.1 Å². The molecule has 0 spiro atoms. The summed E-state index contributed by atoms with van der Waals surface area (Å²) in [4.78, 5) is 14.6. The first kappa shape index (κ1) is 17.8. The lowest BCUT2D eigenvalue weighted by molar-refractivity contribution is -0.148. The standard InChI is InChI=1S/C18H28N2O3/c1-13-6-5-9-20(17(13)11-19)18(21)14(2)23-12-15-7-4-8-16(10-15)22-3/h4,7-8,10,13-14,17H,5-6,9,11-12,19H2,1-3H3. The molecule has 0 aromatic heterocycles. The summed E-state index contributed by atoms with van der Waals surface area (Å²) in [5.74, 6) is 1.27. The Morgan fingerprint density at radius 2 is 2.26 bits per heavy atom.